The molecule has 100 valence electrons. The van der Waals surface area contributed by atoms with Gasteiger partial charge in [-0.25, -0.2) is 0 Å². The Morgan fingerprint density at radius 1 is 1.18 bits per heavy atom. The fourth-order valence-electron chi connectivity index (χ4n) is 2.84. The van der Waals surface area contributed by atoms with Crippen molar-refractivity contribution in [3.63, 3.8) is 0 Å². The van der Waals surface area contributed by atoms with Crippen molar-refractivity contribution in [2.45, 2.75) is 63.0 Å². The summed E-state index contributed by atoms with van der Waals surface area (Å²) in [7, 11) is 2.21. The fraction of sp³-hybridized carbons (Fsp3) is 1.00. The van der Waals surface area contributed by atoms with Gasteiger partial charge in [0.1, 0.15) is 0 Å². The van der Waals surface area contributed by atoms with Crippen LogP contribution < -0.4 is 5.32 Å². The molecule has 2 fully saturated rings. The van der Waals surface area contributed by atoms with Crippen LogP contribution in [-0.2, 0) is 0 Å². The molecule has 2 aliphatic rings. The molecule has 0 bridgehead atoms. The summed E-state index contributed by atoms with van der Waals surface area (Å²) in [5.74, 6) is 0. The molecule has 0 aliphatic heterocycles. The molecule has 0 radical (unpaired) electrons. The molecule has 0 unspecified atom stereocenters. The first-order valence-electron chi connectivity index (χ1n) is 7.33. The summed E-state index contributed by atoms with van der Waals surface area (Å²) in [5.41, 5.74) is -0.422. The predicted molar refractivity (Wildman–Crippen MR) is 71.2 cm³/mol. The minimum Gasteiger partial charge on any atom is -0.389 e. The summed E-state index contributed by atoms with van der Waals surface area (Å²) in [5, 5.41) is 13.9. The Morgan fingerprint density at radius 3 is 2.41 bits per heavy atom. The van der Waals surface area contributed by atoms with Crippen LogP contribution in [0, 0.1) is 0 Å². The molecule has 0 aromatic heterocycles. The Morgan fingerprint density at radius 2 is 1.82 bits per heavy atom. The second-order valence-electron chi connectivity index (χ2n) is 6.03. The van der Waals surface area contributed by atoms with Crippen molar-refractivity contribution in [1.29, 1.82) is 0 Å². The van der Waals surface area contributed by atoms with Gasteiger partial charge in [-0.3, -0.25) is 0 Å². The molecule has 3 heteroatoms. The maximum atomic E-state index is 10.5. The first-order valence-corrected chi connectivity index (χ1v) is 7.33. The van der Waals surface area contributed by atoms with Gasteiger partial charge >= 0.3 is 0 Å². The lowest BCUT2D eigenvalue weighted by Crippen LogP contribution is -2.42. The highest BCUT2D eigenvalue weighted by Crippen LogP contribution is 2.26. The van der Waals surface area contributed by atoms with Gasteiger partial charge in [0.05, 0.1) is 5.60 Å². The second kappa shape index (κ2) is 6.17. The molecule has 2 aliphatic carbocycles. The van der Waals surface area contributed by atoms with Gasteiger partial charge in [0.2, 0.25) is 0 Å². The average molecular weight is 240 g/mol. The van der Waals surface area contributed by atoms with Crippen molar-refractivity contribution in [2.75, 3.05) is 26.7 Å². The molecule has 2 saturated carbocycles. The lowest BCUT2D eigenvalue weighted by molar-refractivity contribution is 0.0251. The van der Waals surface area contributed by atoms with Crippen LogP contribution in [0.2, 0.25) is 0 Å². The van der Waals surface area contributed by atoms with Crippen LogP contribution in [-0.4, -0.2) is 48.3 Å². The van der Waals surface area contributed by atoms with Gasteiger partial charge < -0.3 is 15.3 Å². The van der Waals surface area contributed by atoms with Gasteiger partial charge in [-0.1, -0.05) is 25.7 Å². The summed E-state index contributed by atoms with van der Waals surface area (Å²) >= 11 is 0. The number of hydrogen-bond donors (Lipinski definition) is 2. The zero-order valence-electron chi connectivity index (χ0n) is 11.2. The van der Waals surface area contributed by atoms with Gasteiger partial charge in [-0.05, 0) is 32.7 Å². The van der Waals surface area contributed by atoms with E-state index in [1.165, 1.54) is 38.5 Å². The first-order chi connectivity index (χ1) is 8.20. The van der Waals surface area contributed by atoms with Crippen molar-refractivity contribution in [3.05, 3.63) is 0 Å². The van der Waals surface area contributed by atoms with Gasteiger partial charge in [-0.15, -0.1) is 0 Å². The number of nitrogens with zero attached hydrogens (tertiary/aromatic N) is 1. The van der Waals surface area contributed by atoms with Crippen LogP contribution in [0.25, 0.3) is 0 Å². The maximum absolute atomic E-state index is 10.5. The fourth-order valence-corrected chi connectivity index (χ4v) is 2.84. The predicted octanol–water partition coefficient (Wildman–Crippen LogP) is 1.76. The lowest BCUT2D eigenvalue weighted by atomic mass is 9.94. The Kier molecular flexibility index (Phi) is 4.83. The molecule has 0 spiro atoms. The highest BCUT2D eigenvalue weighted by Gasteiger charge is 2.28. The topological polar surface area (TPSA) is 35.5 Å². The molecule has 2 rings (SSSR count). The van der Waals surface area contributed by atoms with E-state index < -0.39 is 5.60 Å². The Hall–Kier alpha value is -0.120. The number of rotatable bonds is 6. The standard InChI is InChI=1S/C14H28N2O/c1-16(13-6-7-13)11-10-15-12-14(17)8-4-2-3-5-9-14/h13,15,17H,2-12H2,1H3. The molecular weight excluding hydrogens is 212 g/mol. The Labute approximate surface area is 106 Å². The van der Waals surface area contributed by atoms with Crippen LogP contribution in [0.15, 0.2) is 0 Å². The van der Waals surface area contributed by atoms with E-state index in [0.29, 0.717) is 0 Å². The van der Waals surface area contributed by atoms with Gasteiger partial charge in [0.15, 0.2) is 0 Å². The zero-order chi connectivity index (χ0) is 12.1. The summed E-state index contributed by atoms with van der Waals surface area (Å²) < 4.78 is 0. The Bertz CT molecular complexity index is 220. The van der Waals surface area contributed by atoms with E-state index in [1.54, 1.807) is 0 Å². The summed E-state index contributed by atoms with van der Waals surface area (Å²) in [6.07, 6.45) is 9.71. The lowest BCUT2D eigenvalue weighted by Gasteiger charge is -2.27. The summed E-state index contributed by atoms with van der Waals surface area (Å²) in [6.45, 7) is 2.90. The molecule has 0 amide bonds. The Balaban J connectivity index is 1.59. The van der Waals surface area contributed by atoms with Gasteiger partial charge in [-0.2, -0.15) is 0 Å². The molecule has 0 saturated heterocycles. The van der Waals surface area contributed by atoms with E-state index >= 15 is 0 Å². The zero-order valence-corrected chi connectivity index (χ0v) is 11.2. The van der Waals surface area contributed by atoms with Crippen molar-refractivity contribution in [2.24, 2.45) is 0 Å². The molecule has 0 atom stereocenters. The van der Waals surface area contributed by atoms with Crippen LogP contribution in [0.4, 0.5) is 0 Å². The van der Waals surface area contributed by atoms with Crippen LogP contribution >= 0.6 is 0 Å². The minimum atomic E-state index is -0.422. The first kappa shape index (κ1) is 13.3. The SMILES string of the molecule is CN(CCNCC1(O)CCCCCC1)C1CC1. The van der Waals surface area contributed by atoms with E-state index in [0.717, 1.165) is 38.5 Å². The van der Waals surface area contributed by atoms with Crippen molar-refractivity contribution >= 4 is 0 Å². The van der Waals surface area contributed by atoms with Crippen molar-refractivity contribution in [3.8, 4) is 0 Å². The van der Waals surface area contributed by atoms with Crippen molar-refractivity contribution < 1.29 is 5.11 Å². The van der Waals surface area contributed by atoms with Crippen molar-refractivity contribution in [1.82, 2.24) is 10.2 Å². The van der Waals surface area contributed by atoms with E-state index in [4.69, 9.17) is 0 Å². The van der Waals surface area contributed by atoms with E-state index in [1.807, 2.05) is 0 Å². The molecule has 2 N–H and O–H groups in total. The smallest absolute Gasteiger partial charge is 0.0771 e. The van der Waals surface area contributed by atoms with Gasteiger partial charge in [0.25, 0.3) is 0 Å². The van der Waals surface area contributed by atoms with E-state index in [2.05, 4.69) is 17.3 Å². The molecule has 0 heterocycles. The monoisotopic (exact) mass is 240 g/mol. The second-order valence-corrected chi connectivity index (χ2v) is 6.03. The maximum Gasteiger partial charge on any atom is 0.0771 e. The van der Waals surface area contributed by atoms with E-state index in [-0.39, 0.29) is 0 Å². The number of hydrogen-bond acceptors (Lipinski definition) is 3. The highest BCUT2D eigenvalue weighted by molar-refractivity contribution is 4.85. The van der Waals surface area contributed by atoms with Crippen LogP contribution in [0.3, 0.4) is 0 Å². The highest BCUT2D eigenvalue weighted by atomic mass is 16.3. The van der Waals surface area contributed by atoms with Crippen LogP contribution in [0.5, 0.6) is 0 Å². The third-order valence-electron chi connectivity index (χ3n) is 4.30. The number of nitrogens with one attached hydrogen (secondary N) is 1. The normalized spacial score (nSPS) is 24.9. The average Bonchev–Trinajstić information content (AvgIpc) is 3.11. The largest absolute Gasteiger partial charge is 0.389 e. The quantitative estimate of drug-likeness (QED) is 0.548. The molecule has 0 aromatic carbocycles. The number of likely N-dealkylation sites (N-methyl/N-ethyl adjacent to an activating group) is 1. The molecule has 17 heavy (non-hydrogen) atoms. The summed E-state index contributed by atoms with van der Waals surface area (Å²) in [6, 6.07) is 0.845. The number of aliphatic hydroxyl groups is 1. The third-order valence-corrected chi connectivity index (χ3v) is 4.30. The molecular formula is C14H28N2O. The van der Waals surface area contributed by atoms with E-state index in [9.17, 15) is 5.11 Å². The third kappa shape index (κ3) is 4.57. The molecule has 0 aromatic rings. The molecule has 3 nitrogen and oxygen atoms in total. The summed E-state index contributed by atoms with van der Waals surface area (Å²) in [4.78, 5) is 2.43. The van der Waals surface area contributed by atoms with Crippen LogP contribution in [0.1, 0.15) is 51.4 Å². The van der Waals surface area contributed by atoms with Gasteiger partial charge in [0, 0.05) is 25.7 Å². The minimum absolute atomic E-state index is 0.422.